The Kier molecular flexibility index (Phi) is 8.18. The van der Waals surface area contributed by atoms with E-state index in [1.807, 2.05) is 6.08 Å². The summed E-state index contributed by atoms with van der Waals surface area (Å²) in [4.78, 5) is 15.3. The molecule has 0 spiro atoms. The number of unbranched alkanes of at least 4 members (excludes halogenated alkanes) is 1. The first-order chi connectivity index (χ1) is 13.4. The number of benzene rings is 1. The van der Waals surface area contributed by atoms with E-state index in [4.69, 9.17) is 9.47 Å². The second kappa shape index (κ2) is 10.6. The second-order valence-corrected chi connectivity index (χ2v) is 7.23. The lowest BCUT2D eigenvalue weighted by molar-refractivity contribution is 0.277. The summed E-state index contributed by atoms with van der Waals surface area (Å²) >= 11 is 0. The van der Waals surface area contributed by atoms with Gasteiger partial charge >= 0.3 is 0 Å². The molecule has 28 heavy (non-hydrogen) atoms. The van der Waals surface area contributed by atoms with Crippen molar-refractivity contribution in [3.05, 3.63) is 51.9 Å². The fraction of sp³-hybridized carbons (Fsp3) is 0.435. The predicted molar refractivity (Wildman–Crippen MR) is 115 cm³/mol. The highest BCUT2D eigenvalue weighted by Gasteiger charge is 2.16. The number of phenolic OH excluding ortho intramolecular Hbond substituents is 1. The molecule has 0 saturated heterocycles. The summed E-state index contributed by atoms with van der Waals surface area (Å²) in [5.74, 6) is 0.703. The zero-order valence-electron chi connectivity index (χ0n) is 17.3. The molecule has 2 rings (SSSR count). The molecule has 152 valence electrons. The van der Waals surface area contributed by atoms with Gasteiger partial charge in [0, 0.05) is 11.5 Å². The number of nitrogens with one attached hydrogen (secondary N) is 1. The Labute approximate surface area is 166 Å². The molecule has 2 N–H and O–H groups in total. The Bertz CT molecular complexity index is 905. The van der Waals surface area contributed by atoms with Crippen LogP contribution in [0, 0.1) is 0 Å². The summed E-state index contributed by atoms with van der Waals surface area (Å²) < 4.78 is 11.7. The van der Waals surface area contributed by atoms with Gasteiger partial charge in [0.15, 0.2) is 5.75 Å². The van der Waals surface area contributed by atoms with Crippen LogP contribution in [0.25, 0.3) is 10.9 Å². The normalized spacial score (nSPS) is 11.5. The molecule has 0 aliphatic carbocycles. The molecule has 0 atom stereocenters. The van der Waals surface area contributed by atoms with Gasteiger partial charge < -0.3 is 19.6 Å². The van der Waals surface area contributed by atoms with E-state index in [9.17, 15) is 9.90 Å². The third-order valence-electron chi connectivity index (χ3n) is 4.40. The molecule has 0 bridgehead atoms. The van der Waals surface area contributed by atoms with Gasteiger partial charge in [-0.15, -0.1) is 0 Å². The highest BCUT2D eigenvalue weighted by atomic mass is 16.5. The number of H-pyrrole nitrogens is 1. The molecule has 5 nitrogen and oxygen atoms in total. The van der Waals surface area contributed by atoms with E-state index in [0.717, 1.165) is 25.7 Å². The molecule has 0 aliphatic rings. The van der Waals surface area contributed by atoms with Crippen molar-refractivity contribution in [1.82, 2.24) is 4.98 Å². The summed E-state index contributed by atoms with van der Waals surface area (Å²) in [6.45, 7) is 9.14. The Morgan fingerprint density at radius 3 is 2.64 bits per heavy atom. The van der Waals surface area contributed by atoms with Crippen molar-refractivity contribution in [3.8, 4) is 17.2 Å². The molecule has 1 heterocycles. The Hall–Kier alpha value is -2.69. The first-order valence-electron chi connectivity index (χ1n) is 9.86. The van der Waals surface area contributed by atoms with Crippen LogP contribution in [0.15, 0.2) is 46.3 Å². The maximum absolute atomic E-state index is 12.5. The van der Waals surface area contributed by atoms with Gasteiger partial charge in [-0.2, -0.15) is 0 Å². The summed E-state index contributed by atoms with van der Waals surface area (Å²) in [5.41, 5.74) is 2.72. The molecular formula is C23H31NO4. The minimum Gasteiger partial charge on any atom is -0.508 e. The minimum atomic E-state index is -0.353. The fourth-order valence-electron chi connectivity index (χ4n) is 2.79. The van der Waals surface area contributed by atoms with Crippen LogP contribution in [0.2, 0.25) is 0 Å². The standard InChI is InChI=1S/C23H31NO4/c1-5-6-13-27-22-21(28-14-12-17(4)9-7-8-16(2)3)19-11-10-18(25)15-20(19)24-23(22)26/h8,10-12,15,25H,5-7,9,13-14H2,1-4H3,(H,24,26)/b17-12+. The summed E-state index contributed by atoms with van der Waals surface area (Å²) in [6.07, 6.45) is 8.05. The highest BCUT2D eigenvalue weighted by Crippen LogP contribution is 2.33. The lowest BCUT2D eigenvalue weighted by Gasteiger charge is -2.14. The molecule has 0 aliphatic heterocycles. The highest BCUT2D eigenvalue weighted by molar-refractivity contribution is 5.88. The van der Waals surface area contributed by atoms with Gasteiger partial charge in [-0.1, -0.05) is 30.6 Å². The van der Waals surface area contributed by atoms with Crippen LogP contribution >= 0.6 is 0 Å². The van der Waals surface area contributed by atoms with E-state index in [1.165, 1.54) is 17.2 Å². The zero-order valence-corrected chi connectivity index (χ0v) is 17.3. The number of aromatic hydroxyl groups is 1. The topological polar surface area (TPSA) is 71.5 Å². The molecule has 0 unspecified atom stereocenters. The van der Waals surface area contributed by atoms with E-state index >= 15 is 0 Å². The molecule has 5 heteroatoms. The summed E-state index contributed by atoms with van der Waals surface area (Å²) in [6, 6.07) is 4.82. The van der Waals surface area contributed by atoms with Crippen molar-refractivity contribution in [2.24, 2.45) is 0 Å². The van der Waals surface area contributed by atoms with Crippen molar-refractivity contribution in [3.63, 3.8) is 0 Å². The average molecular weight is 386 g/mol. The number of aromatic amines is 1. The number of fused-ring (bicyclic) bond motifs is 1. The smallest absolute Gasteiger partial charge is 0.294 e. The first-order valence-corrected chi connectivity index (χ1v) is 9.86. The van der Waals surface area contributed by atoms with E-state index in [-0.39, 0.29) is 17.1 Å². The lowest BCUT2D eigenvalue weighted by atomic mass is 10.1. The van der Waals surface area contributed by atoms with Gasteiger partial charge in [0.2, 0.25) is 5.75 Å². The number of allylic oxidation sites excluding steroid dienone is 3. The van der Waals surface area contributed by atoms with Crippen LogP contribution in [0.4, 0.5) is 0 Å². The second-order valence-electron chi connectivity index (χ2n) is 7.23. The van der Waals surface area contributed by atoms with Gasteiger partial charge in [-0.05, 0) is 58.2 Å². The number of aromatic nitrogens is 1. The van der Waals surface area contributed by atoms with Crippen LogP contribution in [0.3, 0.4) is 0 Å². The average Bonchev–Trinajstić information content (AvgIpc) is 2.63. The van der Waals surface area contributed by atoms with E-state index in [0.29, 0.717) is 29.9 Å². The molecule has 1 aromatic heterocycles. The Morgan fingerprint density at radius 2 is 1.93 bits per heavy atom. The number of ether oxygens (including phenoxy) is 2. The Balaban J connectivity index is 2.25. The van der Waals surface area contributed by atoms with Crippen LogP contribution in [0.1, 0.15) is 53.4 Å². The van der Waals surface area contributed by atoms with Gasteiger partial charge in [0.05, 0.1) is 12.1 Å². The number of rotatable bonds is 10. The fourth-order valence-corrected chi connectivity index (χ4v) is 2.79. The maximum atomic E-state index is 12.5. The molecule has 1 aromatic carbocycles. The van der Waals surface area contributed by atoms with Crippen LogP contribution < -0.4 is 15.0 Å². The van der Waals surface area contributed by atoms with Gasteiger partial charge in [0.25, 0.3) is 5.56 Å². The quantitative estimate of drug-likeness (QED) is 0.419. The van der Waals surface area contributed by atoms with Crippen molar-refractivity contribution < 1.29 is 14.6 Å². The minimum absolute atomic E-state index is 0.0868. The number of phenols is 1. The largest absolute Gasteiger partial charge is 0.508 e. The SMILES string of the molecule is CCCCOc1c(OC/C=C(\C)CCC=C(C)C)c2ccc(O)cc2[nH]c1=O. The van der Waals surface area contributed by atoms with Crippen molar-refractivity contribution in [2.45, 2.75) is 53.4 Å². The van der Waals surface area contributed by atoms with Gasteiger partial charge in [-0.3, -0.25) is 4.79 Å². The molecule has 0 fully saturated rings. The maximum Gasteiger partial charge on any atom is 0.294 e. The monoisotopic (exact) mass is 385 g/mol. The lowest BCUT2D eigenvalue weighted by Crippen LogP contribution is -2.14. The van der Waals surface area contributed by atoms with Crippen LogP contribution in [0.5, 0.6) is 17.2 Å². The first kappa shape index (κ1) is 21.6. The van der Waals surface area contributed by atoms with Crippen molar-refractivity contribution in [1.29, 1.82) is 0 Å². The Morgan fingerprint density at radius 1 is 1.14 bits per heavy atom. The number of hydrogen-bond acceptors (Lipinski definition) is 4. The zero-order chi connectivity index (χ0) is 20.5. The van der Waals surface area contributed by atoms with E-state index in [2.05, 4.69) is 38.8 Å². The van der Waals surface area contributed by atoms with Crippen LogP contribution in [-0.2, 0) is 0 Å². The molecule has 0 amide bonds. The number of hydrogen-bond donors (Lipinski definition) is 2. The van der Waals surface area contributed by atoms with E-state index in [1.54, 1.807) is 12.1 Å². The van der Waals surface area contributed by atoms with Crippen LogP contribution in [-0.4, -0.2) is 23.3 Å². The predicted octanol–water partition coefficient (Wildman–Crippen LogP) is 5.48. The van der Waals surface area contributed by atoms with Gasteiger partial charge in [-0.25, -0.2) is 0 Å². The van der Waals surface area contributed by atoms with E-state index < -0.39 is 0 Å². The van der Waals surface area contributed by atoms with Gasteiger partial charge in [0.1, 0.15) is 12.4 Å². The molecule has 0 radical (unpaired) electrons. The molecule has 2 aromatic rings. The number of pyridine rings is 1. The third-order valence-corrected chi connectivity index (χ3v) is 4.40. The third kappa shape index (κ3) is 6.19. The summed E-state index contributed by atoms with van der Waals surface area (Å²) in [5, 5.41) is 10.4. The van der Waals surface area contributed by atoms with Crippen molar-refractivity contribution in [2.75, 3.05) is 13.2 Å². The van der Waals surface area contributed by atoms with Crippen molar-refractivity contribution >= 4 is 10.9 Å². The molecular weight excluding hydrogens is 354 g/mol. The summed E-state index contributed by atoms with van der Waals surface area (Å²) in [7, 11) is 0. The molecule has 0 saturated carbocycles.